The van der Waals surface area contributed by atoms with Gasteiger partial charge in [-0.15, -0.1) is 0 Å². The number of hydrogen-bond donors (Lipinski definition) is 1. The van der Waals surface area contributed by atoms with Crippen molar-refractivity contribution in [3.05, 3.63) is 89.7 Å². The van der Waals surface area contributed by atoms with Gasteiger partial charge >= 0.3 is 0 Å². The number of amides is 2. The summed E-state index contributed by atoms with van der Waals surface area (Å²) in [7, 11) is -2.77. The number of hydrogen-bond acceptors (Lipinski definition) is 5. The number of anilines is 1. The summed E-state index contributed by atoms with van der Waals surface area (Å²) in [6, 6.07) is 17.4. The molecular weight excluding hydrogens is 521 g/mol. The van der Waals surface area contributed by atoms with E-state index in [4.69, 9.17) is 4.74 Å². The summed E-state index contributed by atoms with van der Waals surface area (Å²) in [6.45, 7) is 5.47. The molecule has 2 amide bonds. The van der Waals surface area contributed by atoms with Crippen molar-refractivity contribution < 1.29 is 27.1 Å². The normalized spacial score (nSPS) is 11.9. The van der Waals surface area contributed by atoms with Gasteiger partial charge in [-0.25, -0.2) is 12.8 Å². The molecule has 0 fully saturated rings. The van der Waals surface area contributed by atoms with Crippen molar-refractivity contribution in [1.82, 2.24) is 10.2 Å². The Labute approximate surface area is 229 Å². The van der Waals surface area contributed by atoms with E-state index in [1.165, 1.54) is 48.3 Å². The number of ether oxygens (including phenoxy) is 1. The Morgan fingerprint density at radius 1 is 0.949 bits per heavy atom. The molecule has 0 aliphatic carbocycles. The molecule has 0 saturated carbocycles. The van der Waals surface area contributed by atoms with Crippen LogP contribution in [-0.2, 0) is 26.2 Å². The summed E-state index contributed by atoms with van der Waals surface area (Å²) in [5.74, 6) is -0.984. The highest BCUT2D eigenvalue weighted by atomic mass is 32.2. The summed E-state index contributed by atoms with van der Waals surface area (Å²) >= 11 is 0. The summed E-state index contributed by atoms with van der Waals surface area (Å²) in [4.78, 5) is 27.9. The van der Waals surface area contributed by atoms with E-state index in [0.29, 0.717) is 18.8 Å². The van der Waals surface area contributed by atoms with Crippen LogP contribution in [0.1, 0.15) is 31.4 Å². The van der Waals surface area contributed by atoms with Gasteiger partial charge in [-0.3, -0.25) is 13.9 Å². The van der Waals surface area contributed by atoms with Gasteiger partial charge in [0, 0.05) is 13.6 Å². The third-order valence-corrected chi connectivity index (χ3v) is 8.01. The first-order valence-corrected chi connectivity index (χ1v) is 14.1. The zero-order valence-corrected chi connectivity index (χ0v) is 23.4. The summed E-state index contributed by atoms with van der Waals surface area (Å²) in [6.07, 6.45) is 0.319. The van der Waals surface area contributed by atoms with Crippen molar-refractivity contribution in [2.75, 3.05) is 24.5 Å². The van der Waals surface area contributed by atoms with E-state index >= 15 is 0 Å². The number of aryl methyl sites for hydroxylation is 1. The third-order valence-electron chi connectivity index (χ3n) is 6.22. The number of likely N-dealkylation sites (N-methyl/N-ethyl adjacent to an activating group) is 1. The zero-order chi connectivity index (χ0) is 28.6. The lowest BCUT2D eigenvalue weighted by Gasteiger charge is -2.33. The van der Waals surface area contributed by atoms with Crippen LogP contribution < -0.4 is 14.4 Å². The number of nitrogens with zero attached hydrogens (tertiary/aromatic N) is 2. The van der Waals surface area contributed by atoms with Gasteiger partial charge in [0.1, 0.15) is 24.2 Å². The molecule has 8 nitrogen and oxygen atoms in total. The number of halogens is 1. The lowest BCUT2D eigenvalue weighted by Crippen LogP contribution is -2.51. The Balaban J connectivity index is 2.03. The van der Waals surface area contributed by atoms with Gasteiger partial charge in [-0.1, -0.05) is 36.8 Å². The van der Waals surface area contributed by atoms with Gasteiger partial charge in [-0.05, 0) is 74.4 Å². The first-order chi connectivity index (χ1) is 18.6. The fourth-order valence-electron chi connectivity index (χ4n) is 4.11. The number of sulfonamides is 1. The topological polar surface area (TPSA) is 96.0 Å². The number of nitrogens with one attached hydrogen (secondary N) is 1. The van der Waals surface area contributed by atoms with Gasteiger partial charge in [0.25, 0.3) is 10.0 Å². The highest BCUT2D eigenvalue weighted by Gasteiger charge is 2.33. The number of benzene rings is 3. The largest absolute Gasteiger partial charge is 0.494 e. The van der Waals surface area contributed by atoms with Crippen molar-refractivity contribution >= 4 is 27.5 Å². The predicted molar refractivity (Wildman–Crippen MR) is 148 cm³/mol. The second-order valence-electron chi connectivity index (χ2n) is 8.94. The lowest BCUT2D eigenvalue weighted by molar-refractivity contribution is -0.140. The molecule has 0 saturated heterocycles. The Kier molecular flexibility index (Phi) is 10.1. The van der Waals surface area contributed by atoms with Crippen molar-refractivity contribution in [2.45, 2.75) is 44.7 Å². The Bertz CT molecular complexity index is 1360. The summed E-state index contributed by atoms with van der Waals surface area (Å²) < 4.78 is 47.7. The lowest BCUT2D eigenvalue weighted by atomic mass is 10.1. The fraction of sp³-hybridized carbons (Fsp3) is 0.310. The predicted octanol–water partition coefficient (Wildman–Crippen LogP) is 4.28. The smallest absolute Gasteiger partial charge is 0.264 e. The van der Waals surface area contributed by atoms with Crippen LogP contribution in [0.15, 0.2) is 77.7 Å². The van der Waals surface area contributed by atoms with E-state index in [9.17, 15) is 22.4 Å². The molecule has 0 unspecified atom stereocenters. The van der Waals surface area contributed by atoms with E-state index in [2.05, 4.69) is 5.32 Å². The maximum atomic E-state index is 13.8. The van der Waals surface area contributed by atoms with Gasteiger partial charge in [0.05, 0.1) is 17.2 Å². The minimum atomic E-state index is -4.26. The quantitative estimate of drug-likeness (QED) is 0.360. The molecule has 0 aromatic heterocycles. The zero-order valence-electron chi connectivity index (χ0n) is 22.6. The van der Waals surface area contributed by atoms with Crippen LogP contribution in [0.2, 0.25) is 0 Å². The van der Waals surface area contributed by atoms with Crippen LogP contribution in [0.4, 0.5) is 10.1 Å². The molecule has 0 spiro atoms. The minimum Gasteiger partial charge on any atom is -0.494 e. The molecule has 10 heteroatoms. The van der Waals surface area contributed by atoms with E-state index in [1.54, 1.807) is 6.92 Å². The van der Waals surface area contributed by atoms with Crippen LogP contribution in [0.5, 0.6) is 5.75 Å². The number of carbonyl (C=O) groups excluding carboxylic acids is 2. The van der Waals surface area contributed by atoms with E-state index < -0.39 is 34.3 Å². The fourth-order valence-corrected chi connectivity index (χ4v) is 5.53. The van der Waals surface area contributed by atoms with E-state index in [-0.39, 0.29) is 23.0 Å². The molecule has 1 atom stereocenters. The Morgan fingerprint density at radius 2 is 1.56 bits per heavy atom. The van der Waals surface area contributed by atoms with Crippen LogP contribution in [0, 0.1) is 12.7 Å². The highest BCUT2D eigenvalue weighted by Crippen LogP contribution is 2.26. The Hall–Kier alpha value is -3.92. The standard InChI is InChI=1S/C29H34FN3O5S/c1-5-27(29(35)31-4)32(19-22-9-7-21(3)8-10-22)28(34)20-33(24-13-11-23(30)12-14-24)39(36,37)26-17-15-25(16-18-26)38-6-2/h7-18,27H,5-6,19-20H2,1-4H3,(H,31,35)/t27-/m1/s1. The van der Waals surface area contributed by atoms with Crippen molar-refractivity contribution in [3.63, 3.8) is 0 Å². The SMILES string of the molecule is CCOc1ccc(S(=O)(=O)N(CC(=O)N(Cc2ccc(C)cc2)[C@H](CC)C(=O)NC)c2ccc(F)cc2)cc1. The molecular formula is C29H34FN3O5S. The second-order valence-corrected chi connectivity index (χ2v) is 10.8. The van der Waals surface area contributed by atoms with Crippen molar-refractivity contribution in [2.24, 2.45) is 0 Å². The summed E-state index contributed by atoms with van der Waals surface area (Å²) in [5.41, 5.74) is 1.94. The second kappa shape index (κ2) is 13.2. The molecule has 208 valence electrons. The summed E-state index contributed by atoms with van der Waals surface area (Å²) in [5, 5.41) is 2.59. The van der Waals surface area contributed by atoms with Crippen LogP contribution in [-0.4, -0.2) is 51.4 Å². The van der Waals surface area contributed by atoms with Crippen molar-refractivity contribution in [3.8, 4) is 5.75 Å². The molecule has 0 bridgehead atoms. The van der Waals surface area contributed by atoms with Gasteiger partial charge in [0.2, 0.25) is 11.8 Å². The molecule has 0 aliphatic rings. The molecule has 0 radical (unpaired) electrons. The van der Waals surface area contributed by atoms with Crippen LogP contribution in [0.25, 0.3) is 0 Å². The van der Waals surface area contributed by atoms with Gasteiger partial charge in [0.15, 0.2) is 0 Å². The first kappa shape index (κ1) is 29.6. The molecule has 3 rings (SSSR count). The van der Waals surface area contributed by atoms with Crippen molar-refractivity contribution in [1.29, 1.82) is 0 Å². The van der Waals surface area contributed by atoms with Gasteiger partial charge < -0.3 is 15.0 Å². The van der Waals surface area contributed by atoms with Crippen LogP contribution in [0.3, 0.4) is 0 Å². The average Bonchev–Trinajstić information content (AvgIpc) is 2.93. The minimum absolute atomic E-state index is 0.0634. The third kappa shape index (κ3) is 7.35. The van der Waals surface area contributed by atoms with Crippen LogP contribution >= 0.6 is 0 Å². The highest BCUT2D eigenvalue weighted by molar-refractivity contribution is 7.92. The molecule has 0 aliphatic heterocycles. The van der Waals surface area contributed by atoms with E-state index in [0.717, 1.165) is 27.6 Å². The average molecular weight is 556 g/mol. The molecule has 3 aromatic carbocycles. The molecule has 1 N–H and O–H groups in total. The van der Waals surface area contributed by atoms with E-state index in [1.807, 2.05) is 38.1 Å². The molecule has 3 aromatic rings. The maximum Gasteiger partial charge on any atom is 0.264 e. The first-order valence-electron chi connectivity index (χ1n) is 12.7. The molecule has 39 heavy (non-hydrogen) atoms. The number of carbonyl (C=O) groups is 2. The molecule has 0 heterocycles. The Morgan fingerprint density at radius 3 is 2.10 bits per heavy atom. The number of rotatable bonds is 12. The maximum absolute atomic E-state index is 13.8. The van der Waals surface area contributed by atoms with Gasteiger partial charge in [-0.2, -0.15) is 0 Å². The monoisotopic (exact) mass is 555 g/mol.